The first-order valence-corrected chi connectivity index (χ1v) is 7.44. The minimum Gasteiger partial charge on any atom is -0.396 e. The van der Waals surface area contributed by atoms with Crippen molar-refractivity contribution >= 4 is 5.91 Å². The monoisotopic (exact) mass is 254 g/mol. The van der Waals surface area contributed by atoms with Gasteiger partial charge < -0.3 is 14.9 Å². The van der Waals surface area contributed by atoms with Gasteiger partial charge in [0.05, 0.1) is 0 Å². The number of aliphatic hydroxyl groups is 1. The molecule has 1 aliphatic carbocycles. The molecule has 2 aliphatic rings. The lowest BCUT2D eigenvalue weighted by molar-refractivity contribution is -0.135. The van der Waals surface area contributed by atoms with E-state index in [1.165, 1.54) is 19.3 Å². The Bertz CT molecular complexity index is 261. The average Bonchev–Trinajstić information content (AvgIpc) is 2.81. The summed E-state index contributed by atoms with van der Waals surface area (Å²) < 4.78 is 0. The summed E-state index contributed by atoms with van der Waals surface area (Å²) in [5.41, 5.74) is 0. The molecule has 4 nitrogen and oxygen atoms in total. The first-order valence-electron chi connectivity index (χ1n) is 7.44. The molecule has 1 amide bonds. The van der Waals surface area contributed by atoms with Crippen LogP contribution in [-0.4, -0.2) is 59.6 Å². The molecule has 1 saturated heterocycles. The fourth-order valence-corrected chi connectivity index (χ4v) is 2.85. The fourth-order valence-electron chi connectivity index (χ4n) is 2.85. The second kappa shape index (κ2) is 7.10. The molecule has 0 spiro atoms. The van der Waals surface area contributed by atoms with E-state index in [0.717, 1.165) is 39.0 Å². The van der Waals surface area contributed by atoms with Crippen LogP contribution >= 0.6 is 0 Å². The van der Waals surface area contributed by atoms with Crippen LogP contribution in [0.1, 0.15) is 44.9 Å². The molecule has 2 rings (SSSR count). The van der Waals surface area contributed by atoms with Gasteiger partial charge in [-0.2, -0.15) is 0 Å². The predicted octanol–water partition coefficient (Wildman–Crippen LogP) is 1.24. The van der Waals surface area contributed by atoms with Crippen LogP contribution in [0.15, 0.2) is 0 Å². The lowest BCUT2D eigenvalue weighted by atomic mass is 9.91. The van der Waals surface area contributed by atoms with Gasteiger partial charge in [-0.15, -0.1) is 0 Å². The summed E-state index contributed by atoms with van der Waals surface area (Å²) in [5.74, 6) is 0.292. The van der Waals surface area contributed by atoms with Crippen molar-refractivity contribution in [3.63, 3.8) is 0 Å². The number of amides is 1. The SMILES string of the molecule is O=C(CCN1CCCC1)N(CCCO)C1CCC1. The van der Waals surface area contributed by atoms with Gasteiger partial charge in [-0.05, 0) is 51.6 Å². The van der Waals surface area contributed by atoms with Crippen LogP contribution in [0.25, 0.3) is 0 Å². The van der Waals surface area contributed by atoms with Crippen LogP contribution in [0, 0.1) is 0 Å². The quantitative estimate of drug-likeness (QED) is 0.743. The summed E-state index contributed by atoms with van der Waals surface area (Å²) in [6.45, 7) is 4.16. The highest BCUT2D eigenvalue weighted by Gasteiger charge is 2.28. The maximum absolute atomic E-state index is 12.3. The zero-order valence-electron chi connectivity index (χ0n) is 11.3. The molecule has 0 aromatic heterocycles. The highest BCUT2D eigenvalue weighted by atomic mass is 16.3. The zero-order chi connectivity index (χ0) is 12.8. The molecule has 1 N–H and O–H groups in total. The Labute approximate surface area is 110 Å². The van der Waals surface area contributed by atoms with Crippen molar-refractivity contribution in [3.8, 4) is 0 Å². The molecule has 1 saturated carbocycles. The van der Waals surface area contributed by atoms with Crippen molar-refractivity contribution < 1.29 is 9.90 Å². The second-order valence-corrected chi connectivity index (χ2v) is 5.55. The summed E-state index contributed by atoms with van der Waals surface area (Å²) >= 11 is 0. The molecular weight excluding hydrogens is 228 g/mol. The molecule has 0 aromatic carbocycles. The molecule has 4 heteroatoms. The maximum atomic E-state index is 12.3. The smallest absolute Gasteiger partial charge is 0.224 e. The van der Waals surface area contributed by atoms with Crippen molar-refractivity contribution in [2.24, 2.45) is 0 Å². The Morgan fingerprint density at radius 1 is 1.22 bits per heavy atom. The first kappa shape index (κ1) is 13.8. The van der Waals surface area contributed by atoms with Gasteiger partial charge in [-0.1, -0.05) is 0 Å². The van der Waals surface area contributed by atoms with Crippen LogP contribution in [0.4, 0.5) is 0 Å². The van der Waals surface area contributed by atoms with E-state index in [9.17, 15) is 4.79 Å². The standard InChI is InChI=1S/C14H26N2O2/c17-12-4-10-16(13-5-3-6-13)14(18)7-11-15-8-1-2-9-15/h13,17H,1-12H2. The average molecular weight is 254 g/mol. The number of likely N-dealkylation sites (tertiary alicyclic amines) is 1. The Hall–Kier alpha value is -0.610. The molecule has 0 unspecified atom stereocenters. The van der Waals surface area contributed by atoms with Crippen LogP contribution < -0.4 is 0 Å². The van der Waals surface area contributed by atoms with Gasteiger partial charge >= 0.3 is 0 Å². The van der Waals surface area contributed by atoms with E-state index in [-0.39, 0.29) is 6.61 Å². The van der Waals surface area contributed by atoms with E-state index in [4.69, 9.17) is 5.11 Å². The Kier molecular flexibility index (Phi) is 5.45. The normalized spacial score (nSPS) is 20.9. The van der Waals surface area contributed by atoms with E-state index in [1.807, 2.05) is 4.90 Å². The van der Waals surface area contributed by atoms with Gasteiger partial charge in [0.1, 0.15) is 0 Å². The van der Waals surface area contributed by atoms with Crippen LogP contribution in [0.3, 0.4) is 0 Å². The second-order valence-electron chi connectivity index (χ2n) is 5.55. The summed E-state index contributed by atoms with van der Waals surface area (Å²) in [6, 6.07) is 0.461. The molecule has 0 radical (unpaired) electrons. The Morgan fingerprint density at radius 3 is 2.50 bits per heavy atom. The molecule has 1 heterocycles. The molecule has 104 valence electrons. The van der Waals surface area contributed by atoms with Gasteiger partial charge in [-0.25, -0.2) is 0 Å². The Balaban J connectivity index is 1.74. The topological polar surface area (TPSA) is 43.8 Å². The number of rotatable bonds is 7. The third-order valence-corrected chi connectivity index (χ3v) is 4.23. The van der Waals surface area contributed by atoms with E-state index in [1.54, 1.807) is 0 Å². The molecule has 0 bridgehead atoms. The largest absolute Gasteiger partial charge is 0.396 e. The predicted molar refractivity (Wildman–Crippen MR) is 71.3 cm³/mol. The van der Waals surface area contributed by atoms with Gasteiger partial charge in [0, 0.05) is 32.2 Å². The lowest BCUT2D eigenvalue weighted by Gasteiger charge is -2.38. The van der Waals surface area contributed by atoms with Gasteiger partial charge in [0.25, 0.3) is 0 Å². The molecular formula is C14H26N2O2. The highest BCUT2D eigenvalue weighted by molar-refractivity contribution is 5.76. The lowest BCUT2D eigenvalue weighted by Crippen LogP contribution is -2.45. The number of hydrogen-bond acceptors (Lipinski definition) is 3. The minimum atomic E-state index is 0.183. The maximum Gasteiger partial charge on any atom is 0.224 e. The van der Waals surface area contributed by atoms with E-state index in [0.29, 0.717) is 24.8 Å². The van der Waals surface area contributed by atoms with Crippen LogP contribution in [0.2, 0.25) is 0 Å². The van der Waals surface area contributed by atoms with E-state index in [2.05, 4.69) is 4.90 Å². The highest BCUT2D eigenvalue weighted by Crippen LogP contribution is 2.25. The van der Waals surface area contributed by atoms with Crippen LogP contribution in [0.5, 0.6) is 0 Å². The summed E-state index contributed by atoms with van der Waals surface area (Å²) in [4.78, 5) is 16.7. The number of carbonyl (C=O) groups is 1. The molecule has 1 aliphatic heterocycles. The van der Waals surface area contributed by atoms with Crippen LogP contribution in [-0.2, 0) is 4.79 Å². The third kappa shape index (κ3) is 3.69. The Morgan fingerprint density at radius 2 is 1.94 bits per heavy atom. The molecule has 18 heavy (non-hydrogen) atoms. The van der Waals surface area contributed by atoms with Gasteiger partial charge in [0.2, 0.25) is 5.91 Å². The fraction of sp³-hybridized carbons (Fsp3) is 0.929. The number of hydrogen-bond donors (Lipinski definition) is 1. The molecule has 0 aromatic rings. The number of nitrogens with zero attached hydrogens (tertiary/aromatic N) is 2. The van der Waals surface area contributed by atoms with Gasteiger partial charge in [0.15, 0.2) is 0 Å². The van der Waals surface area contributed by atoms with Crippen molar-refractivity contribution in [3.05, 3.63) is 0 Å². The zero-order valence-corrected chi connectivity index (χ0v) is 11.3. The first-order chi connectivity index (χ1) is 8.81. The van der Waals surface area contributed by atoms with Crippen molar-refractivity contribution in [2.45, 2.75) is 51.0 Å². The number of carbonyl (C=O) groups excluding carboxylic acids is 1. The molecule has 0 atom stereocenters. The summed E-state index contributed by atoms with van der Waals surface area (Å²) in [6.07, 6.45) is 7.49. The van der Waals surface area contributed by atoms with Crippen molar-refractivity contribution in [1.29, 1.82) is 0 Å². The third-order valence-electron chi connectivity index (χ3n) is 4.23. The van der Waals surface area contributed by atoms with E-state index >= 15 is 0 Å². The summed E-state index contributed by atoms with van der Waals surface area (Å²) in [5, 5.41) is 8.93. The van der Waals surface area contributed by atoms with Crippen molar-refractivity contribution in [1.82, 2.24) is 9.80 Å². The van der Waals surface area contributed by atoms with E-state index < -0.39 is 0 Å². The van der Waals surface area contributed by atoms with Crippen molar-refractivity contribution in [2.75, 3.05) is 32.8 Å². The minimum absolute atomic E-state index is 0.183. The summed E-state index contributed by atoms with van der Waals surface area (Å²) in [7, 11) is 0. The number of aliphatic hydroxyl groups excluding tert-OH is 1. The van der Waals surface area contributed by atoms with Gasteiger partial charge in [-0.3, -0.25) is 4.79 Å². The molecule has 2 fully saturated rings.